The Kier molecular flexibility index (Phi) is 7.52. The molecule has 1 aliphatic rings. The number of nitrogens with one attached hydrogen (secondary N) is 2. The normalized spacial score (nSPS) is 14.7. The number of carbonyl (C=O) groups excluding carboxylic acids is 1. The topological polar surface area (TPSA) is 83.7 Å². The number of H-pyrrole nitrogens is 1. The maximum Gasteiger partial charge on any atom is 0.317 e. The molecule has 1 aromatic heterocycles. The predicted octanol–water partition coefficient (Wildman–Crippen LogP) is 3.42. The number of hydrogen-bond acceptors (Lipinski definition) is 4. The van der Waals surface area contributed by atoms with E-state index in [1.165, 1.54) is 6.42 Å². The molecule has 158 valence electrons. The van der Waals surface area contributed by atoms with Crippen LogP contribution in [0.1, 0.15) is 44.6 Å². The van der Waals surface area contributed by atoms with Gasteiger partial charge in [-0.2, -0.15) is 0 Å². The fraction of sp³-hybridized carbons (Fsp3) is 0.545. The Balaban J connectivity index is 1.79. The van der Waals surface area contributed by atoms with E-state index in [1.807, 2.05) is 31.2 Å². The van der Waals surface area contributed by atoms with E-state index in [-0.39, 0.29) is 24.2 Å². The van der Waals surface area contributed by atoms with E-state index in [2.05, 4.69) is 10.3 Å². The van der Waals surface area contributed by atoms with Crippen LogP contribution in [0.3, 0.4) is 0 Å². The number of benzene rings is 1. The largest absolute Gasteiger partial charge is 0.494 e. The molecule has 1 fully saturated rings. The van der Waals surface area contributed by atoms with Gasteiger partial charge in [-0.1, -0.05) is 19.3 Å². The highest BCUT2D eigenvalue weighted by Gasteiger charge is 2.21. The number of hydrogen-bond donors (Lipinski definition) is 2. The number of urea groups is 1. The lowest BCUT2D eigenvalue weighted by molar-refractivity contribution is 0.143. The Morgan fingerprint density at radius 1 is 1.24 bits per heavy atom. The number of carbonyl (C=O) groups is 1. The first-order valence-corrected chi connectivity index (χ1v) is 10.4. The van der Waals surface area contributed by atoms with Crippen LogP contribution in [0.5, 0.6) is 5.75 Å². The second-order valence-corrected chi connectivity index (χ2v) is 7.50. The SMILES string of the molecule is CCOc1ccc2[nH]c(=O)c(CN(CCOC)C(=O)NC3CCCCC3)cc2c1. The molecular formula is C22H31N3O4. The van der Waals surface area contributed by atoms with Crippen molar-refractivity contribution in [1.82, 2.24) is 15.2 Å². The molecule has 0 spiro atoms. The molecule has 1 saturated carbocycles. The van der Waals surface area contributed by atoms with Gasteiger partial charge < -0.3 is 24.7 Å². The molecule has 2 amide bonds. The maximum atomic E-state index is 12.9. The Morgan fingerprint density at radius 3 is 2.76 bits per heavy atom. The highest BCUT2D eigenvalue weighted by Crippen LogP contribution is 2.20. The average Bonchev–Trinajstić information content (AvgIpc) is 2.72. The number of nitrogens with zero attached hydrogens (tertiary/aromatic N) is 1. The zero-order chi connectivity index (χ0) is 20.6. The van der Waals surface area contributed by atoms with Gasteiger partial charge in [0.15, 0.2) is 0 Å². The molecule has 0 saturated heterocycles. The van der Waals surface area contributed by atoms with Crippen LogP contribution in [0.4, 0.5) is 4.79 Å². The molecule has 2 aromatic rings. The fourth-order valence-corrected chi connectivity index (χ4v) is 3.78. The molecule has 29 heavy (non-hydrogen) atoms. The molecule has 0 aliphatic heterocycles. The Bertz CT molecular complexity index is 874. The molecule has 0 bridgehead atoms. The average molecular weight is 402 g/mol. The zero-order valence-corrected chi connectivity index (χ0v) is 17.3. The van der Waals surface area contributed by atoms with Crippen molar-refractivity contribution in [3.63, 3.8) is 0 Å². The molecule has 1 aliphatic carbocycles. The van der Waals surface area contributed by atoms with Crippen LogP contribution in [0, 0.1) is 0 Å². The molecule has 1 aromatic carbocycles. The second-order valence-electron chi connectivity index (χ2n) is 7.50. The number of pyridine rings is 1. The third kappa shape index (κ3) is 5.73. The number of aromatic nitrogens is 1. The van der Waals surface area contributed by atoms with E-state index < -0.39 is 0 Å². The number of fused-ring (bicyclic) bond motifs is 1. The van der Waals surface area contributed by atoms with Gasteiger partial charge >= 0.3 is 6.03 Å². The lowest BCUT2D eigenvalue weighted by atomic mass is 9.96. The van der Waals surface area contributed by atoms with Crippen LogP contribution in [0.15, 0.2) is 29.1 Å². The van der Waals surface area contributed by atoms with Gasteiger partial charge in [0, 0.05) is 36.2 Å². The van der Waals surface area contributed by atoms with E-state index in [0.717, 1.165) is 42.3 Å². The van der Waals surface area contributed by atoms with E-state index in [1.54, 1.807) is 12.0 Å². The van der Waals surface area contributed by atoms with Crippen LogP contribution in [-0.4, -0.2) is 48.8 Å². The van der Waals surface area contributed by atoms with Crippen molar-refractivity contribution in [2.75, 3.05) is 26.9 Å². The van der Waals surface area contributed by atoms with Crippen molar-refractivity contribution < 1.29 is 14.3 Å². The molecule has 7 heteroatoms. The molecule has 7 nitrogen and oxygen atoms in total. The van der Waals surface area contributed by atoms with Crippen molar-refractivity contribution >= 4 is 16.9 Å². The van der Waals surface area contributed by atoms with Crippen molar-refractivity contribution in [3.05, 3.63) is 40.2 Å². The Morgan fingerprint density at radius 2 is 2.03 bits per heavy atom. The lowest BCUT2D eigenvalue weighted by Crippen LogP contribution is -2.46. The summed E-state index contributed by atoms with van der Waals surface area (Å²) in [5.74, 6) is 0.754. The predicted molar refractivity (Wildman–Crippen MR) is 113 cm³/mol. The molecule has 3 rings (SSSR count). The van der Waals surface area contributed by atoms with Crippen LogP contribution in [0.2, 0.25) is 0 Å². The molecular weight excluding hydrogens is 370 g/mol. The standard InChI is InChI=1S/C22H31N3O4/c1-3-29-19-9-10-20-16(14-19)13-17(21(26)24-20)15-25(11-12-28-2)22(27)23-18-7-5-4-6-8-18/h9-10,13-14,18H,3-8,11-12,15H2,1-2H3,(H,23,27)(H,24,26). The third-order valence-corrected chi connectivity index (χ3v) is 5.35. The molecule has 0 atom stereocenters. The summed E-state index contributed by atoms with van der Waals surface area (Å²) >= 11 is 0. The summed E-state index contributed by atoms with van der Waals surface area (Å²) in [7, 11) is 1.61. The minimum absolute atomic E-state index is 0.142. The quantitative estimate of drug-likeness (QED) is 0.710. The fourth-order valence-electron chi connectivity index (χ4n) is 3.78. The highest BCUT2D eigenvalue weighted by atomic mass is 16.5. The lowest BCUT2D eigenvalue weighted by Gasteiger charge is -2.28. The van der Waals surface area contributed by atoms with Gasteiger partial charge in [-0.05, 0) is 44.0 Å². The summed E-state index contributed by atoms with van der Waals surface area (Å²) in [5, 5.41) is 4.01. The van der Waals surface area contributed by atoms with Crippen molar-refractivity contribution in [3.8, 4) is 5.75 Å². The van der Waals surface area contributed by atoms with E-state index in [4.69, 9.17) is 9.47 Å². The first-order chi connectivity index (χ1) is 14.1. The smallest absolute Gasteiger partial charge is 0.317 e. The zero-order valence-electron chi connectivity index (χ0n) is 17.3. The van der Waals surface area contributed by atoms with Gasteiger partial charge in [0.25, 0.3) is 5.56 Å². The second kappa shape index (κ2) is 10.3. The molecule has 1 heterocycles. The van der Waals surface area contributed by atoms with Gasteiger partial charge in [0.1, 0.15) is 5.75 Å². The number of ether oxygens (including phenoxy) is 2. The summed E-state index contributed by atoms with van der Waals surface area (Å²) in [4.78, 5) is 30.0. The van der Waals surface area contributed by atoms with Crippen LogP contribution >= 0.6 is 0 Å². The van der Waals surface area contributed by atoms with E-state index in [0.29, 0.717) is 25.3 Å². The number of amides is 2. The summed E-state index contributed by atoms with van der Waals surface area (Å²) in [6, 6.07) is 7.49. The van der Waals surface area contributed by atoms with Gasteiger partial charge in [-0.25, -0.2) is 4.79 Å². The van der Waals surface area contributed by atoms with Crippen molar-refractivity contribution in [2.45, 2.75) is 51.6 Å². The Hall–Kier alpha value is -2.54. The minimum atomic E-state index is -0.186. The van der Waals surface area contributed by atoms with Crippen LogP contribution < -0.4 is 15.6 Å². The van der Waals surface area contributed by atoms with Crippen LogP contribution in [0.25, 0.3) is 10.9 Å². The van der Waals surface area contributed by atoms with Crippen LogP contribution in [-0.2, 0) is 11.3 Å². The van der Waals surface area contributed by atoms with E-state index >= 15 is 0 Å². The first-order valence-electron chi connectivity index (χ1n) is 10.4. The van der Waals surface area contributed by atoms with Crippen molar-refractivity contribution in [2.24, 2.45) is 0 Å². The first kappa shape index (κ1) is 21.2. The maximum absolute atomic E-state index is 12.9. The molecule has 0 unspecified atom stereocenters. The van der Waals surface area contributed by atoms with Gasteiger partial charge in [-0.3, -0.25) is 4.79 Å². The van der Waals surface area contributed by atoms with E-state index in [9.17, 15) is 9.59 Å². The Labute approximate surface area is 171 Å². The van der Waals surface area contributed by atoms with Gasteiger partial charge in [0.05, 0.1) is 19.8 Å². The molecule has 2 N–H and O–H groups in total. The summed E-state index contributed by atoms with van der Waals surface area (Å²) < 4.78 is 10.7. The van der Waals surface area contributed by atoms with Gasteiger partial charge in [0.2, 0.25) is 0 Å². The number of rotatable bonds is 8. The number of methoxy groups -OCH3 is 1. The minimum Gasteiger partial charge on any atom is -0.494 e. The highest BCUT2D eigenvalue weighted by molar-refractivity contribution is 5.81. The summed E-state index contributed by atoms with van der Waals surface area (Å²) in [6.45, 7) is 3.57. The monoisotopic (exact) mass is 401 g/mol. The third-order valence-electron chi connectivity index (χ3n) is 5.35. The summed E-state index contributed by atoms with van der Waals surface area (Å²) in [5.41, 5.74) is 1.10. The van der Waals surface area contributed by atoms with Gasteiger partial charge in [-0.15, -0.1) is 0 Å². The molecule has 0 radical (unpaired) electrons. The summed E-state index contributed by atoms with van der Waals surface area (Å²) in [6.07, 6.45) is 5.56. The number of aromatic amines is 1. The van der Waals surface area contributed by atoms with Crippen molar-refractivity contribution in [1.29, 1.82) is 0 Å².